The van der Waals surface area contributed by atoms with Crippen LogP contribution in [0.25, 0.3) is 10.8 Å². The van der Waals surface area contributed by atoms with Crippen molar-refractivity contribution in [3.05, 3.63) is 46.4 Å². The lowest BCUT2D eigenvalue weighted by Gasteiger charge is -2.10. The van der Waals surface area contributed by atoms with E-state index in [2.05, 4.69) is 10.3 Å². The van der Waals surface area contributed by atoms with Crippen molar-refractivity contribution in [3.63, 3.8) is 0 Å². The second kappa shape index (κ2) is 7.01. The van der Waals surface area contributed by atoms with Crippen molar-refractivity contribution in [2.45, 2.75) is 12.5 Å². The third kappa shape index (κ3) is 3.90. The molecule has 0 fully saturated rings. The molecule has 0 aliphatic rings. The maximum Gasteiger partial charge on any atom is 0.267 e. The Morgan fingerprint density at radius 3 is 2.95 bits per heavy atom. The number of hydrogen-bond donors (Lipinski definition) is 3. The molecule has 1 unspecified atom stereocenters. The van der Waals surface area contributed by atoms with Crippen molar-refractivity contribution >= 4 is 16.7 Å². The molecule has 0 spiro atoms. The standard InChI is InChI=1S/C15H18N2O4/c1-21-9-11(18)6-7-16-15(20)13-8-10-4-2-3-5-12(10)14(19)17-13/h2-5,8,11,18H,6-7,9H2,1H3,(H,16,20)(H,17,19). The Bertz CT molecular complexity index is 681. The summed E-state index contributed by atoms with van der Waals surface area (Å²) < 4.78 is 4.80. The molecule has 6 nitrogen and oxygen atoms in total. The average molecular weight is 290 g/mol. The highest BCUT2D eigenvalue weighted by molar-refractivity contribution is 5.96. The van der Waals surface area contributed by atoms with Gasteiger partial charge in [-0.1, -0.05) is 18.2 Å². The summed E-state index contributed by atoms with van der Waals surface area (Å²) in [6, 6.07) is 8.71. The van der Waals surface area contributed by atoms with Crippen LogP contribution < -0.4 is 10.9 Å². The van der Waals surface area contributed by atoms with Crippen molar-refractivity contribution in [1.29, 1.82) is 0 Å². The van der Waals surface area contributed by atoms with E-state index in [9.17, 15) is 14.7 Å². The molecule has 0 bridgehead atoms. The van der Waals surface area contributed by atoms with Crippen molar-refractivity contribution in [3.8, 4) is 0 Å². The largest absolute Gasteiger partial charge is 0.391 e. The van der Waals surface area contributed by atoms with E-state index in [1.165, 1.54) is 7.11 Å². The summed E-state index contributed by atoms with van der Waals surface area (Å²) in [6.45, 7) is 0.529. The molecule has 0 radical (unpaired) electrons. The maximum atomic E-state index is 12.0. The molecule has 0 aliphatic heterocycles. The number of fused-ring (bicyclic) bond motifs is 1. The molecule has 3 N–H and O–H groups in total. The van der Waals surface area contributed by atoms with Crippen LogP contribution in [0.4, 0.5) is 0 Å². The molecule has 1 amide bonds. The molecule has 112 valence electrons. The Kier molecular flexibility index (Phi) is 5.08. The summed E-state index contributed by atoms with van der Waals surface area (Å²) in [5.41, 5.74) is -0.0856. The summed E-state index contributed by atoms with van der Waals surface area (Å²) in [6.07, 6.45) is -0.233. The van der Waals surface area contributed by atoms with E-state index in [1.54, 1.807) is 24.3 Å². The maximum absolute atomic E-state index is 12.0. The minimum atomic E-state index is -0.619. The summed E-state index contributed by atoms with van der Waals surface area (Å²) in [7, 11) is 1.50. The molecule has 1 aromatic heterocycles. The molecule has 0 aliphatic carbocycles. The smallest absolute Gasteiger partial charge is 0.267 e. The lowest BCUT2D eigenvalue weighted by Crippen LogP contribution is -2.30. The number of amides is 1. The van der Waals surface area contributed by atoms with Gasteiger partial charge < -0.3 is 20.1 Å². The summed E-state index contributed by atoms with van der Waals surface area (Å²) in [4.78, 5) is 26.4. The number of aromatic amines is 1. The van der Waals surface area contributed by atoms with E-state index in [-0.39, 0.29) is 23.8 Å². The lowest BCUT2D eigenvalue weighted by molar-refractivity contribution is 0.0587. The molecule has 1 atom stereocenters. The third-order valence-electron chi connectivity index (χ3n) is 3.12. The minimum absolute atomic E-state index is 0.208. The van der Waals surface area contributed by atoms with Crippen LogP contribution in [0, 0.1) is 0 Å². The topological polar surface area (TPSA) is 91.4 Å². The predicted molar refractivity (Wildman–Crippen MR) is 79.4 cm³/mol. The number of hydrogen-bond acceptors (Lipinski definition) is 4. The van der Waals surface area contributed by atoms with Crippen molar-refractivity contribution in [2.75, 3.05) is 20.3 Å². The number of ether oxygens (including phenoxy) is 1. The molecule has 0 saturated heterocycles. The van der Waals surface area contributed by atoms with Gasteiger partial charge in [0, 0.05) is 19.0 Å². The van der Waals surface area contributed by atoms with E-state index in [0.29, 0.717) is 23.7 Å². The third-order valence-corrected chi connectivity index (χ3v) is 3.12. The van der Waals surface area contributed by atoms with Crippen LogP contribution in [0.2, 0.25) is 0 Å². The normalized spacial score (nSPS) is 12.3. The van der Waals surface area contributed by atoms with Crippen LogP contribution in [0.1, 0.15) is 16.9 Å². The first kappa shape index (κ1) is 15.2. The molecule has 2 rings (SSSR count). The monoisotopic (exact) mass is 290 g/mol. The molecule has 1 heterocycles. The second-order valence-electron chi connectivity index (χ2n) is 4.75. The first-order chi connectivity index (χ1) is 10.1. The quantitative estimate of drug-likeness (QED) is 0.728. The van der Waals surface area contributed by atoms with Gasteiger partial charge in [-0.3, -0.25) is 9.59 Å². The van der Waals surface area contributed by atoms with Crippen LogP contribution in [0.15, 0.2) is 35.1 Å². The van der Waals surface area contributed by atoms with Crippen LogP contribution in [0.5, 0.6) is 0 Å². The highest BCUT2D eigenvalue weighted by Gasteiger charge is 2.10. The number of benzene rings is 1. The van der Waals surface area contributed by atoms with Gasteiger partial charge in [0.15, 0.2) is 0 Å². The number of rotatable bonds is 6. The highest BCUT2D eigenvalue weighted by Crippen LogP contribution is 2.09. The van der Waals surface area contributed by atoms with Crippen LogP contribution in [-0.2, 0) is 4.74 Å². The second-order valence-corrected chi connectivity index (χ2v) is 4.75. The van der Waals surface area contributed by atoms with Gasteiger partial charge in [-0.25, -0.2) is 0 Å². The Hall–Kier alpha value is -2.18. The Morgan fingerprint density at radius 2 is 2.19 bits per heavy atom. The van der Waals surface area contributed by atoms with E-state index >= 15 is 0 Å². The number of nitrogens with one attached hydrogen (secondary N) is 2. The molecular formula is C15H18N2O4. The number of carbonyl (C=O) groups excluding carboxylic acids is 1. The number of pyridine rings is 1. The van der Waals surface area contributed by atoms with Gasteiger partial charge in [0.25, 0.3) is 11.5 Å². The molecule has 2 aromatic rings. The highest BCUT2D eigenvalue weighted by atomic mass is 16.5. The van der Waals surface area contributed by atoms with E-state index in [1.807, 2.05) is 6.07 Å². The zero-order chi connectivity index (χ0) is 15.2. The van der Waals surface area contributed by atoms with Gasteiger partial charge in [-0.2, -0.15) is 0 Å². The Labute approximate surface area is 121 Å². The van der Waals surface area contributed by atoms with Crippen molar-refractivity contribution in [2.24, 2.45) is 0 Å². The number of carbonyl (C=O) groups is 1. The predicted octanol–water partition coefficient (Wildman–Crippen LogP) is 0.655. The fourth-order valence-corrected chi connectivity index (χ4v) is 2.06. The summed E-state index contributed by atoms with van der Waals surface area (Å²) in [5, 5.41) is 13.4. The molecule has 21 heavy (non-hydrogen) atoms. The van der Waals surface area contributed by atoms with Crippen molar-refractivity contribution in [1.82, 2.24) is 10.3 Å². The van der Waals surface area contributed by atoms with Gasteiger partial charge in [0.2, 0.25) is 0 Å². The van der Waals surface area contributed by atoms with Gasteiger partial charge in [-0.15, -0.1) is 0 Å². The van der Waals surface area contributed by atoms with Gasteiger partial charge in [0.1, 0.15) is 5.69 Å². The number of aliphatic hydroxyl groups excluding tert-OH is 1. The fraction of sp³-hybridized carbons (Fsp3) is 0.333. The van der Waals surface area contributed by atoms with Crippen LogP contribution in [-0.4, -0.2) is 42.4 Å². The van der Waals surface area contributed by atoms with Crippen molar-refractivity contribution < 1.29 is 14.6 Å². The molecule has 6 heteroatoms. The minimum Gasteiger partial charge on any atom is -0.391 e. The molecule has 1 aromatic carbocycles. The van der Waals surface area contributed by atoms with E-state index in [0.717, 1.165) is 0 Å². The zero-order valence-corrected chi connectivity index (χ0v) is 11.8. The fourth-order valence-electron chi connectivity index (χ4n) is 2.06. The SMILES string of the molecule is COCC(O)CCNC(=O)c1cc2ccccc2c(=O)[nH]1. The van der Waals surface area contributed by atoms with Crippen LogP contribution in [0.3, 0.4) is 0 Å². The molecule has 0 saturated carbocycles. The van der Waals surface area contributed by atoms with Gasteiger partial charge in [-0.05, 0) is 23.9 Å². The van der Waals surface area contributed by atoms with E-state index in [4.69, 9.17) is 4.74 Å². The zero-order valence-electron chi connectivity index (χ0n) is 11.8. The summed E-state index contributed by atoms with van der Waals surface area (Å²) in [5.74, 6) is -0.373. The first-order valence-corrected chi connectivity index (χ1v) is 6.69. The number of aliphatic hydroxyl groups is 1. The molecular weight excluding hydrogens is 272 g/mol. The Balaban J connectivity index is 2.04. The number of H-pyrrole nitrogens is 1. The average Bonchev–Trinajstić information content (AvgIpc) is 2.47. The summed E-state index contributed by atoms with van der Waals surface area (Å²) >= 11 is 0. The van der Waals surface area contributed by atoms with Gasteiger partial charge in [0.05, 0.1) is 12.7 Å². The lowest BCUT2D eigenvalue weighted by atomic mass is 10.1. The van der Waals surface area contributed by atoms with Gasteiger partial charge >= 0.3 is 0 Å². The Morgan fingerprint density at radius 1 is 1.43 bits per heavy atom. The van der Waals surface area contributed by atoms with E-state index < -0.39 is 6.10 Å². The van der Waals surface area contributed by atoms with Crippen LogP contribution >= 0.6 is 0 Å². The first-order valence-electron chi connectivity index (χ1n) is 6.69. The number of methoxy groups -OCH3 is 1. The number of aromatic nitrogens is 1.